The molecule has 0 aliphatic rings. The van der Waals surface area contributed by atoms with Crippen molar-refractivity contribution in [2.24, 2.45) is 5.73 Å². The van der Waals surface area contributed by atoms with Gasteiger partial charge in [0.1, 0.15) is 0 Å². The number of nitrogens with one attached hydrogen (secondary N) is 1. The first-order chi connectivity index (χ1) is 8.67. The van der Waals surface area contributed by atoms with Crippen LogP contribution in [-0.4, -0.2) is 12.6 Å². The number of rotatable bonds is 5. The molecule has 0 saturated heterocycles. The number of nitrogens with two attached hydrogens (primary N) is 1. The third kappa shape index (κ3) is 4.05. The van der Waals surface area contributed by atoms with Gasteiger partial charge in [-0.15, -0.1) is 0 Å². The predicted molar refractivity (Wildman–Crippen MR) is 84.7 cm³/mol. The van der Waals surface area contributed by atoms with Gasteiger partial charge in [0, 0.05) is 11.6 Å². The van der Waals surface area contributed by atoms with Crippen LogP contribution in [0.1, 0.15) is 60.5 Å². The Morgan fingerprint density at radius 2 is 1.58 bits per heavy atom. The van der Waals surface area contributed by atoms with Gasteiger partial charge < -0.3 is 11.1 Å². The average Bonchev–Trinajstić information content (AvgIpc) is 2.29. The van der Waals surface area contributed by atoms with Crippen LogP contribution in [0, 0.1) is 27.7 Å². The lowest BCUT2D eigenvalue weighted by Crippen LogP contribution is -2.33. The fraction of sp³-hybridized carbons (Fsp3) is 0.647. The van der Waals surface area contributed by atoms with E-state index in [1.165, 1.54) is 27.8 Å². The molecule has 1 unspecified atom stereocenters. The van der Waals surface area contributed by atoms with Crippen LogP contribution in [0.15, 0.2) is 6.07 Å². The summed E-state index contributed by atoms with van der Waals surface area (Å²) in [6, 6.07) is 2.68. The van der Waals surface area contributed by atoms with Crippen LogP contribution in [0.3, 0.4) is 0 Å². The summed E-state index contributed by atoms with van der Waals surface area (Å²) >= 11 is 0. The molecule has 0 amide bonds. The maximum Gasteiger partial charge on any atom is 0.0323 e. The molecule has 0 aliphatic carbocycles. The molecule has 0 aliphatic heterocycles. The second-order valence-electron chi connectivity index (χ2n) is 6.54. The minimum atomic E-state index is -0.101. The first-order valence-corrected chi connectivity index (χ1v) is 7.21. The zero-order valence-corrected chi connectivity index (χ0v) is 13.6. The van der Waals surface area contributed by atoms with Crippen LogP contribution in [0.2, 0.25) is 0 Å². The maximum absolute atomic E-state index is 6.12. The van der Waals surface area contributed by atoms with E-state index in [2.05, 4.69) is 52.9 Å². The highest BCUT2D eigenvalue weighted by Gasteiger charge is 2.20. The Hall–Kier alpha value is -0.860. The molecule has 3 N–H and O–H groups in total. The molecule has 0 radical (unpaired) electrons. The predicted octanol–water partition coefficient (Wildman–Crippen LogP) is 3.70. The Morgan fingerprint density at radius 3 is 1.95 bits per heavy atom. The molecule has 1 atom stereocenters. The van der Waals surface area contributed by atoms with Gasteiger partial charge in [0.2, 0.25) is 0 Å². The normalized spacial score (nSPS) is 13.7. The van der Waals surface area contributed by atoms with Crippen LogP contribution >= 0.6 is 0 Å². The van der Waals surface area contributed by atoms with Crippen molar-refractivity contribution in [1.82, 2.24) is 5.32 Å². The van der Waals surface area contributed by atoms with Crippen molar-refractivity contribution in [2.75, 3.05) is 7.05 Å². The third-order valence-corrected chi connectivity index (χ3v) is 4.20. The second kappa shape index (κ2) is 6.06. The standard InChI is InChI=1S/C17H30N2/c1-11-10-12(2)14(4)16(13(11)3)15(19-7)8-9-17(5,6)18/h10,15,19H,8-9,18H2,1-7H3. The molecule has 108 valence electrons. The van der Waals surface area contributed by atoms with E-state index in [4.69, 9.17) is 5.73 Å². The molecule has 19 heavy (non-hydrogen) atoms. The molecule has 0 aromatic heterocycles. The number of aryl methyl sites for hydroxylation is 2. The topological polar surface area (TPSA) is 38.0 Å². The molecule has 0 fully saturated rings. The fourth-order valence-corrected chi connectivity index (χ4v) is 2.72. The van der Waals surface area contributed by atoms with Crippen molar-refractivity contribution in [1.29, 1.82) is 0 Å². The summed E-state index contributed by atoms with van der Waals surface area (Å²) in [5.74, 6) is 0. The van der Waals surface area contributed by atoms with Gasteiger partial charge in [-0.2, -0.15) is 0 Å². The van der Waals surface area contributed by atoms with Gasteiger partial charge in [0.15, 0.2) is 0 Å². The Kier molecular flexibility index (Phi) is 5.17. The average molecular weight is 262 g/mol. The van der Waals surface area contributed by atoms with Crippen LogP contribution in [0.4, 0.5) is 0 Å². The van der Waals surface area contributed by atoms with Crippen molar-refractivity contribution in [3.8, 4) is 0 Å². The van der Waals surface area contributed by atoms with Gasteiger partial charge in [-0.3, -0.25) is 0 Å². The summed E-state index contributed by atoms with van der Waals surface area (Å²) in [7, 11) is 2.05. The van der Waals surface area contributed by atoms with Crippen molar-refractivity contribution in [2.45, 2.75) is 66.0 Å². The van der Waals surface area contributed by atoms with E-state index >= 15 is 0 Å². The monoisotopic (exact) mass is 262 g/mol. The van der Waals surface area contributed by atoms with E-state index in [9.17, 15) is 0 Å². The largest absolute Gasteiger partial charge is 0.326 e. The highest BCUT2D eigenvalue weighted by molar-refractivity contribution is 5.45. The molecule has 1 aromatic rings. The summed E-state index contributed by atoms with van der Waals surface area (Å²) in [6.07, 6.45) is 2.09. The van der Waals surface area contributed by atoms with Gasteiger partial charge in [-0.25, -0.2) is 0 Å². The van der Waals surface area contributed by atoms with Crippen molar-refractivity contribution < 1.29 is 0 Å². The van der Waals surface area contributed by atoms with Crippen molar-refractivity contribution >= 4 is 0 Å². The lowest BCUT2D eigenvalue weighted by molar-refractivity contribution is 0.409. The van der Waals surface area contributed by atoms with Gasteiger partial charge in [-0.05, 0) is 89.2 Å². The quantitative estimate of drug-likeness (QED) is 0.849. The first kappa shape index (κ1) is 16.2. The lowest BCUT2D eigenvalue weighted by atomic mass is 9.86. The molecule has 0 bridgehead atoms. The molecule has 2 nitrogen and oxygen atoms in total. The second-order valence-corrected chi connectivity index (χ2v) is 6.54. The van der Waals surface area contributed by atoms with E-state index in [0.717, 1.165) is 12.8 Å². The van der Waals surface area contributed by atoms with Gasteiger partial charge >= 0.3 is 0 Å². The molecule has 0 saturated carbocycles. The summed E-state index contributed by atoms with van der Waals surface area (Å²) in [5.41, 5.74) is 13.1. The number of hydrogen-bond donors (Lipinski definition) is 2. The maximum atomic E-state index is 6.12. The molecule has 0 heterocycles. The van der Waals surface area contributed by atoms with E-state index in [0.29, 0.717) is 6.04 Å². The molecule has 0 spiro atoms. The minimum Gasteiger partial charge on any atom is -0.326 e. The summed E-state index contributed by atoms with van der Waals surface area (Å²) in [6.45, 7) is 13.1. The van der Waals surface area contributed by atoms with Crippen LogP contribution in [0.5, 0.6) is 0 Å². The third-order valence-electron chi connectivity index (χ3n) is 4.20. The molecular weight excluding hydrogens is 232 g/mol. The highest BCUT2D eigenvalue weighted by atomic mass is 14.9. The first-order valence-electron chi connectivity index (χ1n) is 7.21. The smallest absolute Gasteiger partial charge is 0.0323 e. The highest BCUT2D eigenvalue weighted by Crippen LogP contribution is 2.30. The van der Waals surface area contributed by atoms with Gasteiger partial charge in [0.25, 0.3) is 0 Å². The van der Waals surface area contributed by atoms with Crippen molar-refractivity contribution in [3.63, 3.8) is 0 Å². The van der Waals surface area contributed by atoms with E-state index < -0.39 is 0 Å². The Balaban J connectivity index is 3.11. The van der Waals surface area contributed by atoms with Crippen molar-refractivity contribution in [3.05, 3.63) is 33.9 Å². The summed E-state index contributed by atoms with van der Waals surface area (Å²) in [4.78, 5) is 0. The Morgan fingerprint density at radius 1 is 1.11 bits per heavy atom. The lowest BCUT2D eigenvalue weighted by Gasteiger charge is -2.27. The molecule has 2 heteroatoms. The fourth-order valence-electron chi connectivity index (χ4n) is 2.72. The van der Waals surface area contributed by atoms with Crippen LogP contribution < -0.4 is 11.1 Å². The summed E-state index contributed by atoms with van der Waals surface area (Å²) in [5, 5.41) is 3.47. The minimum absolute atomic E-state index is 0.101. The van der Waals surface area contributed by atoms with Crippen LogP contribution in [-0.2, 0) is 0 Å². The van der Waals surface area contributed by atoms with Gasteiger partial charge in [0.05, 0.1) is 0 Å². The Labute approximate surface area is 118 Å². The zero-order chi connectivity index (χ0) is 14.8. The zero-order valence-electron chi connectivity index (χ0n) is 13.6. The van der Waals surface area contributed by atoms with E-state index in [-0.39, 0.29) is 5.54 Å². The molecule has 1 aromatic carbocycles. The van der Waals surface area contributed by atoms with Crippen LogP contribution in [0.25, 0.3) is 0 Å². The van der Waals surface area contributed by atoms with E-state index in [1.807, 2.05) is 7.05 Å². The molecular formula is C17H30N2. The van der Waals surface area contributed by atoms with Gasteiger partial charge in [-0.1, -0.05) is 6.07 Å². The summed E-state index contributed by atoms with van der Waals surface area (Å²) < 4.78 is 0. The number of benzene rings is 1. The number of hydrogen-bond acceptors (Lipinski definition) is 2. The Bertz CT molecular complexity index is 415. The SMILES string of the molecule is CNC(CCC(C)(C)N)c1c(C)c(C)cc(C)c1C. The molecule has 1 rings (SSSR count). The van der Waals surface area contributed by atoms with E-state index in [1.54, 1.807) is 0 Å².